The molecule has 0 bridgehead atoms. The smallest absolute Gasteiger partial charge is 0.349 e. The maximum absolute atomic E-state index is 14.0. The third-order valence-corrected chi connectivity index (χ3v) is 6.27. The minimum atomic E-state index is -4.38. The first kappa shape index (κ1) is 20.0. The van der Waals surface area contributed by atoms with E-state index < -0.39 is 33.3 Å². The van der Waals surface area contributed by atoms with Crippen molar-refractivity contribution in [3.8, 4) is 11.1 Å². The van der Waals surface area contributed by atoms with E-state index in [0.29, 0.717) is 11.6 Å². The Bertz CT molecular complexity index is 1110. The van der Waals surface area contributed by atoms with Crippen LogP contribution in [0.3, 0.4) is 0 Å². The first-order chi connectivity index (χ1) is 13.3. The standard InChI is InChI=1S/C19H15F2NO4S2/c1-2-26-19(23)17-18(14(11-27-17)12-6-4-3-5-7-12)28(24,25)22-16-9-8-13(20)10-15(16)21/h3-11,22H,2H2,1H3. The number of esters is 1. The van der Waals surface area contributed by atoms with E-state index in [1.165, 1.54) is 5.38 Å². The molecule has 0 spiro atoms. The van der Waals surface area contributed by atoms with E-state index in [-0.39, 0.29) is 21.9 Å². The van der Waals surface area contributed by atoms with E-state index in [4.69, 9.17) is 4.74 Å². The van der Waals surface area contributed by atoms with Crippen molar-refractivity contribution < 1.29 is 26.7 Å². The zero-order valence-electron chi connectivity index (χ0n) is 14.6. The molecule has 0 unspecified atom stereocenters. The number of hydrogen-bond donors (Lipinski definition) is 1. The Balaban J connectivity index is 2.14. The second-order valence-corrected chi connectivity index (χ2v) is 8.12. The van der Waals surface area contributed by atoms with Gasteiger partial charge in [0, 0.05) is 17.0 Å². The molecule has 0 amide bonds. The van der Waals surface area contributed by atoms with Gasteiger partial charge in [-0.05, 0) is 24.6 Å². The zero-order valence-corrected chi connectivity index (χ0v) is 16.2. The third-order valence-electron chi connectivity index (χ3n) is 3.74. The fraction of sp³-hybridized carbons (Fsp3) is 0.105. The Morgan fingerprint density at radius 3 is 2.50 bits per heavy atom. The quantitative estimate of drug-likeness (QED) is 0.585. The van der Waals surface area contributed by atoms with Gasteiger partial charge in [0.25, 0.3) is 10.0 Å². The van der Waals surface area contributed by atoms with Crippen LogP contribution in [0, 0.1) is 11.6 Å². The molecule has 2 aromatic carbocycles. The van der Waals surface area contributed by atoms with Gasteiger partial charge < -0.3 is 4.74 Å². The molecule has 5 nitrogen and oxygen atoms in total. The van der Waals surface area contributed by atoms with Crippen LogP contribution >= 0.6 is 11.3 Å². The normalized spacial score (nSPS) is 11.2. The predicted molar refractivity (Wildman–Crippen MR) is 103 cm³/mol. The van der Waals surface area contributed by atoms with Crippen molar-refractivity contribution in [1.82, 2.24) is 0 Å². The fourth-order valence-electron chi connectivity index (χ4n) is 2.54. The topological polar surface area (TPSA) is 72.5 Å². The van der Waals surface area contributed by atoms with Gasteiger partial charge >= 0.3 is 5.97 Å². The summed E-state index contributed by atoms with van der Waals surface area (Å²) < 4.78 is 60.2. The molecule has 1 aromatic heterocycles. The van der Waals surface area contributed by atoms with Crippen molar-refractivity contribution in [3.05, 3.63) is 70.4 Å². The number of halogens is 2. The molecule has 0 aliphatic carbocycles. The Morgan fingerprint density at radius 2 is 1.86 bits per heavy atom. The molecule has 9 heteroatoms. The maximum atomic E-state index is 14.0. The van der Waals surface area contributed by atoms with Crippen LogP contribution in [0.25, 0.3) is 11.1 Å². The van der Waals surface area contributed by atoms with Gasteiger partial charge in [0.05, 0.1) is 12.3 Å². The first-order valence-corrected chi connectivity index (χ1v) is 10.5. The summed E-state index contributed by atoms with van der Waals surface area (Å²) >= 11 is 0.916. The summed E-state index contributed by atoms with van der Waals surface area (Å²) in [6.45, 7) is 1.67. The molecule has 1 heterocycles. The summed E-state index contributed by atoms with van der Waals surface area (Å²) in [6, 6.07) is 11.1. The van der Waals surface area contributed by atoms with E-state index in [1.54, 1.807) is 37.3 Å². The number of carbonyl (C=O) groups is 1. The Morgan fingerprint density at radius 1 is 1.14 bits per heavy atom. The summed E-state index contributed by atoms with van der Waals surface area (Å²) in [5, 5.41) is 1.52. The van der Waals surface area contributed by atoms with Gasteiger partial charge in [-0.25, -0.2) is 22.0 Å². The van der Waals surface area contributed by atoms with Gasteiger partial charge in [-0.3, -0.25) is 4.72 Å². The number of benzene rings is 2. The van der Waals surface area contributed by atoms with Crippen molar-refractivity contribution in [2.24, 2.45) is 0 Å². The SMILES string of the molecule is CCOC(=O)c1scc(-c2ccccc2)c1S(=O)(=O)Nc1ccc(F)cc1F. The first-order valence-electron chi connectivity index (χ1n) is 8.15. The molecule has 3 aromatic rings. The molecule has 0 aliphatic rings. The van der Waals surface area contributed by atoms with Gasteiger partial charge in [-0.1, -0.05) is 30.3 Å². The van der Waals surface area contributed by atoms with Crippen molar-refractivity contribution in [2.45, 2.75) is 11.8 Å². The van der Waals surface area contributed by atoms with Crippen LogP contribution in [-0.4, -0.2) is 21.0 Å². The Hall–Kier alpha value is -2.78. The highest BCUT2D eigenvalue weighted by atomic mass is 32.2. The molecule has 0 saturated heterocycles. The summed E-state index contributed by atoms with van der Waals surface area (Å²) in [5.41, 5.74) is 0.416. The highest BCUT2D eigenvalue weighted by molar-refractivity contribution is 7.93. The van der Waals surface area contributed by atoms with Crippen LogP contribution < -0.4 is 4.72 Å². The summed E-state index contributed by atoms with van der Waals surface area (Å²) in [5.74, 6) is -2.71. The van der Waals surface area contributed by atoms with Crippen molar-refractivity contribution in [3.63, 3.8) is 0 Å². The average Bonchev–Trinajstić information content (AvgIpc) is 3.11. The zero-order chi connectivity index (χ0) is 20.3. The predicted octanol–water partition coefficient (Wildman–Crippen LogP) is 4.67. The van der Waals surface area contributed by atoms with Crippen LogP contribution in [0.1, 0.15) is 16.6 Å². The number of sulfonamides is 1. The number of thiophene rings is 1. The van der Waals surface area contributed by atoms with Crippen LogP contribution in [0.5, 0.6) is 0 Å². The molecular formula is C19H15F2NO4S2. The Kier molecular flexibility index (Phi) is 5.76. The Labute approximate surface area is 164 Å². The van der Waals surface area contributed by atoms with Crippen LogP contribution in [-0.2, 0) is 14.8 Å². The van der Waals surface area contributed by atoms with Gasteiger partial charge in [-0.15, -0.1) is 11.3 Å². The monoisotopic (exact) mass is 423 g/mol. The number of nitrogens with one attached hydrogen (secondary N) is 1. The van der Waals surface area contributed by atoms with E-state index >= 15 is 0 Å². The van der Waals surface area contributed by atoms with E-state index in [9.17, 15) is 22.0 Å². The average molecular weight is 423 g/mol. The summed E-state index contributed by atoms with van der Waals surface area (Å²) in [6.07, 6.45) is 0. The largest absolute Gasteiger partial charge is 0.462 e. The highest BCUT2D eigenvalue weighted by Crippen LogP contribution is 2.37. The highest BCUT2D eigenvalue weighted by Gasteiger charge is 2.30. The van der Waals surface area contributed by atoms with Gasteiger partial charge in [0.15, 0.2) is 0 Å². The summed E-state index contributed by atoms with van der Waals surface area (Å²) in [7, 11) is -4.38. The molecule has 0 saturated carbocycles. The molecule has 0 radical (unpaired) electrons. The van der Waals surface area contributed by atoms with Crippen molar-refractivity contribution in [2.75, 3.05) is 11.3 Å². The lowest BCUT2D eigenvalue weighted by Gasteiger charge is -2.12. The number of hydrogen-bond acceptors (Lipinski definition) is 5. The lowest BCUT2D eigenvalue weighted by atomic mass is 10.1. The second-order valence-electron chi connectivity index (χ2n) is 5.62. The molecule has 0 fully saturated rings. The van der Waals surface area contributed by atoms with Gasteiger partial charge in [0.1, 0.15) is 21.4 Å². The molecule has 1 N–H and O–H groups in total. The van der Waals surface area contributed by atoms with Gasteiger partial charge in [0.2, 0.25) is 0 Å². The van der Waals surface area contributed by atoms with Crippen LogP contribution in [0.4, 0.5) is 14.5 Å². The van der Waals surface area contributed by atoms with Crippen molar-refractivity contribution in [1.29, 1.82) is 0 Å². The number of carbonyl (C=O) groups excluding carboxylic acids is 1. The molecular weight excluding hydrogens is 408 g/mol. The minimum absolute atomic E-state index is 0.0664. The molecule has 0 atom stereocenters. The van der Waals surface area contributed by atoms with Crippen LogP contribution in [0.2, 0.25) is 0 Å². The molecule has 0 aliphatic heterocycles. The number of rotatable bonds is 6. The second kappa shape index (κ2) is 8.07. The van der Waals surface area contributed by atoms with Crippen LogP contribution in [0.15, 0.2) is 58.8 Å². The lowest BCUT2D eigenvalue weighted by molar-refractivity contribution is 0.0528. The van der Waals surface area contributed by atoms with Crippen molar-refractivity contribution >= 4 is 33.0 Å². The van der Waals surface area contributed by atoms with E-state index in [1.807, 2.05) is 0 Å². The minimum Gasteiger partial charge on any atom is -0.462 e. The lowest BCUT2D eigenvalue weighted by Crippen LogP contribution is -2.18. The molecule has 3 rings (SSSR count). The van der Waals surface area contributed by atoms with E-state index in [0.717, 1.165) is 23.5 Å². The molecule has 146 valence electrons. The summed E-state index contributed by atoms with van der Waals surface area (Å²) in [4.78, 5) is 11.9. The maximum Gasteiger partial charge on any atom is 0.349 e. The number of anilines is 1. The number of ether oxygens (including phenoxy) is 1. The third kappa shape index (κ3) is 4.05. The molecule has 28 heavy (non-hydrogen) atoms. The van der Waals surface area contributed by atoms with Gasteiger partial charge in [-0.2, -0.15) is 0 Å². The fourth-order valence-corrected chi connectivity index (χ4v) is 5.30. The van der Waals surface area contributed by atoms with E-state index in [2.05, 4.69) is 4.72 Å².